The standard InChI is InChI=1S/C10H19N3OS/c1-7(2)6-12-10(15)13-8-4-3-5-11-9(8)14/h7-8H,3-6H2,1-2H3,(H,11,14)(H2,12,13,15). The molecule has 1 fully saturated rings. The van der Waals surface area contributed by atoms with Gasteiger partial charge in [-0.3, -0.25) is 4.79 Å². The molecule has 0 aromatic carbocycles. The summed E-state index contributed by atoms with van der Waals surface area (Å²) < 4.78 is 0. The Bertz CT molecular complexity index is 243. The summed E-state index contributed by atoms with van der Waals surface area (Å²) in [4.78, 5) is 11.4. The summed E-state index contributed by atoms with van der Waals surface area (Å²) in [5.41, 5.74) is 0. The van der Waals surface area contributed by atoms with Gasteiger partial charge in [-0.25, -0.2) is 0 Å². The van der Waals surface area contributed by atoms with E-state index in [-0.39, 0.29) is 11.9 Å². The van der Waals surface area contributed by atoms with Crippen molar-refractivity contribution in [2.75, 3.05) is 13.1 Å². The molecule has 0 bridgehead atoms. The molecule has 1 saturated heterocycles. The van der Waals surface area contributed by atoms with Gasteiger partial charge < -0.3 is 16.0 Å². The summed E-state index contributed by atoms with van der Waals surface area (Å²) in [6.07, 6.45) is 1.87. The van der Waals surface area contributed by atoms with Gasteiger partial charge >= 0.3 is 0 Å². The predicted molar refractivity (Wildman–Crippen MR) is 64.6 cm³/mol. The molecule has 1 atom stereocenters. The summed E-state index contributed by atoms with van der Waals surface area (Å²) in [6, 6.07) is -0.161. The molecule has 15 heavy (non-hydrogen) atoms. The highest BCUT2D eigenvalue weighted by atomic mass is 32.1. The third-order valence-corrected chi connectivity index (χ3v) is 2.52. The lowest BCUT2D eigenvalue weighted by atomic mass is 10.1. The Kier molecular flexibility index (Phi) is 4.81. The highest BCUT2D eigenvalue weighted by Gasteiger charge is 2.22. The summed E-state index contributed by atoms with van der Waals surface area (Å²) in [6.45, 7) is 5.84. The van der Waals surface area contributed by atoms with Crippen LogP contribution in [0.1, 0.15) is 26.7 Å². The normalized spacial score (nSPS) is 21.0. The molecule has 1 heterocycles. The Balaban J connectivity index is 2.27. The Morgan fingerprint density at radius 2 is 2.40 bits per heavy atom. The van der Waals surface area contributed by atoms with Gasteiger partial charge in [0.25, 0.3) is 0 Å². The van der Waals surface area contributed by atoms with Gasteiger partial charge in [0.1, 0.15) is 6.04 Å². The zero-order chi connectivity index (χ0) is 11.3. The molecule has 1 amide bonds. The number of hydrogen-bond acceptors (Lipinski definition) is 2. The maximum atomic E-state index is 11.4. The molecule has 1 rings (SSSR count). The van der Waals surface area contributed by atoms with Crippen molar-refractivity contribution in [2.45, 2.75) is 32.7 Å². The maximum absolute atomic E-state index is 11.4. The van der Waals surface area contributed by atoms with E-state index in [9.17, 15) is 4.79 Å². The van der Waals surface area contributed by atoms with E-state index in [1.54, 1.807) is 0 Å². The number of nitrogens with one attached hydrogen (secondary N) is 3. The van der Waals surface area contributed by atoms with E-state index in [4.69, 9.17) is 12.2 Å². The van der Waals surface area contributed by atoms with Gasteiger partial charge in [0, 0.05) is 13.1 Å². The number of amides is 1. The molecule has 0 saturated carbocycles. The van der Waals surface area contributed by atoms with Crippen molar-refractivity contribution < 1.29 is 4.79 Å². The van der Waals surface area contributed by atoms with Gasteiger partial charge in [-0.2, -0.15) is 0 Å². The molecule has 5 heteroatoms. The molecule has 0 aliphatic carbocycles. The van der Waals surface area contributed by atoms with Crippen LogP contribution in [0.4, 0.5) is 0 Å². The second-order valence-corrected chi connectivity index (χ2v) is 4.64. The maximum Gasteiger partial charge on any atom is 0.242 e. The minimum Gasteiger partial charge on any atom is -0.362 e. The molecule has 0 aromatic heterocycles. The lowest BCUT2D eigenvalue weighted by Crippen LogP contribution is -2.52. The van der Waals surface area contributed by atoms with Gasteiger partial charge in [-0.05, 0) is 31.0 Å². The molecule has 1 aliphatic rings. The number of carbonyl (C=O) groups is 1. The molecule has 86 valence electrons. The highest BCUT2D eigenvalue weighted by Crippen LogP contribution is 2.02. The molecule has 1 unspecified atom stereocenters. The van der Waals surface area contributed by atoms with Crippen molar-refractivity contribution in [3.8, 4) is 0 Å². The minimum absolute atomic E-state index is 0.0509. The Hall–Kier alpha value is -0.840. The first kappa shape index (κ1) is 12.2. The van der Waals surface area contributed by atoms with E-state index >= 15 is 0 Å². The number of piperidine rings is 1. The van der Waals surface area contributed by atoms with Crippen LogP contribution in [-0.2, 0) is 4.79 Å². The molecule has 3 N–H and O–H groups in total. The van der Waals surface area contributed by atoms with Crippen molar-refractivity contribution in [3.05, 3.63) is 0 Å². The van der Waals surface area contributed by atoms with E-state index < -0.39 is 0 Å². The first-order chi connectivity index (χ1) is 7.09. The van der Waals surface area contributed by atoms with Crippen LogP contribution < -0.4 is 16.0 Å². The fourth-order valence-electron chi connectivity index (χ4n) is 1.42. The number of rotatable bonds is 3. The molecular formula is C10H19N3OS. The van der Waals surface area contributed by atoms with Crippen molar-refractivity contribution in [3.63, 3.8) is 0 Å². The number of thiocarbonyl (C=S) groups is 1. The molecular weight excluding hydrogens is 210 g/mol. The van der Waals surface area contributed by atoms with Gasteiger partial charge in [0.05, 0.1) is 0 Å². The number of carbonyl (C=O) groups excluding carboxylic acids is 1. The average molecular weight is 229 g/mol. The van der Waals surface area contributed by atoms with Gasteiger partial charge in [0.2, 0.25) is 5.91 Å². The largest absolute Gasteiger partial charge is 0.362 e. The predicted octanol–water partition coefficient (Wildman–Crippen LogP) is 0.385. The third kappa shape index (κ3) is 4.46. The molecule has 4 nitrogen and oxygen atoms in total. The first-order valence-corrected chi connectivity index (χ1v) is 5.82. The molecule has 0 radical (unpaired) electrons. The first-order valence-electron chi connectivity index (χ1n) is 5.41. The Labute approximate surface area is 96.2 Å². The van der Waals surface area contributed by atoms with E-state index in [0.29, 0.717) is 11.0 Å². The average Bonchev–Trinajstić information content (AvgIpc) is 2.18. The van der Waals surface area contributed by atoms with Crippen molar-refractivity contribution in [1.82, 2.24) is 16.0 Å². The Morgan fingerprint density at radius 3 is 3.00 bits per heavy atom. The fraction of sp³-hybridized carbons (Fsp3) is 0.800. The van der Waals surface area contributed by atoms with Crippen molar-refractivity contribution in [2.24, 2.45) is 5.92 Å². The highest BCUT2D eigenvalue weighted by molar-refractivity contribution is 7.80. The van der Waals surface area contributed by atoms with Crippen LogP contribution in [0, 0.1) is 5.92 Å². The van der Waals surface area contributed by atoms with Gasteiger partial charge in [-0.15, -0.1) is 0 Å². The van der Waals surface area contributed by atoms with Crippen LogP contribution in [0.3, 0.4) is 0 Å². The SMILES string of the molecule is CC(C)CNC(=S)NC1CCCNC1=O. The van der Waals surface area contributed by atoms with E-state index in [1.807, 2.05) is 0 Å². The van der Waals surface area contributed by atoms with Crippen LogP contribution in [0.2, 0.25) is 0 Å². The Morgan fingerprint density at radius 1 is 1.67 bits per heavy atom. The second-order valence-electron chi connectivity index (χ2n) is 4.23. The van der Waals surface area contributed by atoms with Gasteiger partial charge in [-0.1, -0.05) is 13.8 Å². The molecule has 0 spiro atoms. The minimum atomic E-state index is -0.161. The number of hydrogen-bond donors (Lipinski definition) is 3. The zero-order valence-electron chi connectivity index (χ0n) is 9.30. The monoisotopic (exact) mass is 229 g/mol. The summed E-state index contributed by atoms with van der Waals surface area (Å²) in [7, 11) is 0. The van der Waals surface area contributed by atoms with Crippen LogP contribution in [-0.4, -0.2) is 30.2 Å². The molecule has 0 aromatic rings. The van der Waals surface area contributed by atoms with E-state index in [2.05, 4.69) is 29.8 Å². The van der Waals surface area contributed by atoms with Crippen molar-refractivity contribution >= 4 is 23.2 Å². The van der Waals surface area contributed by atoms with Crippen LogP contribution in [0.5, 0.6) is 0 Å². The van der Waals surface area contributed by atoms with Crippen LogP contribution >= 0.6 is 12.2 Å². The lowest BCUT2D eigenvalue weighted by Gasteiger charge is -2.24. The van der Waals surface area contributed by atoms with Crippen molar-refractivity contribution in [1.29, 1.82) is 0 Å². The summed E-state index contributed by atoms with van der Waals surface area (Å²) in [5.74, 6) is 0.597. The van der Waals surface area contributed by atoms with Crippen LogP contribution in [0.25, 0.3) is 0 Å². The zero-order valence-corrected chi connectivity index (χ0v) is 10.1. The third-order valence-electron chi connectivity index (χ3n) is 2.26. The van der Waals surface area contributed by atoms with Gasteiger partial charge in [0.15, 0.2) is 5.11 Å². The fourth-order valence-corrected chi connectivity index (χ4v) is 1.64. The topological polar surface area (TPSA) is 53.2 Å². The van der Waals surface area contributed by atoms with E-state index in [1.165, 1.54) is 0 Å². The smallest absolute Gasteiger partial charge is 0.242 e. The van der Waals surface area contributed by atoms with Crippen LogP contribution in [0.15, 0.2) is 0 Å². The summed E-state index contributed by atoms with van der Waals surface area (Å²) in [5, 5.41) is 9.51. The lowest BCUT2D eigenvalue weighted by molar-refractivity contribution is -0.124. The molecule has 1 aliphatic heterocycles. The van der Waals surface area contributed by atoms with E-state index in [0.717, 1.165) is 25.9 Å². The summed E-state index contributed by atoms with van der Waals surface area (Å²) >= 11 is 5.10. The quantitative estimate of drug-likeness (QED) is 0.613. The second kappa shape index (κ2) is 5.90.